The summed E-state index contributed by atoms with van der Waals surface area (Å²) in [4.78, 5) is 32.5. The number of carboxylic acids is 2. The molecule has 0 aromatic rings. The van der Waals surface area contributed by atoms with Crippen molar-refractivity contribution in [2.75, 3.05) is 12.0 Å². The average Bonchev–Trinajstić information content (AvgIpc) is 2.23. The van der Waals surface area contributed by atoms with Gasteiger partial charge in [0.15, 0.2) is 0 Å². The molecule has 0 saturated carbocycles. The Morgan fingerprint density at radius 1 is 1.39 bits per heavy atom. The monoisotopic (exact) mass is 280 g/mol. The molecule has 0 heterocycles. The van der Waals surface area contributed by atoms with Gasteiger partial charge in [0.05, 0.1) is 18.7 Å². The smallest absolute Gasteiger partial charge is 0.326 e. The first-order chi connectivity index (χ1) is 8.23. The van der Waals surface area contributed by atoms with E-state index in [0.29, 0.717) is 0 Å². The Bertz CT molecular complexity index is 322. The first-order valence-electron chi connectivity index (χ1n) is 5.04. The summed E-state index contributed by atoms with van der Waals surface area (Å²) in [6.07, 6.45) is 0.858. The predicted molar refractivity (Wildman–Crippen MR) is 63.3 cm³/mol. The van der Waals surface area contributed by atoms with Crippen LogP contribution in [0.1, 0.15) is 12.8 Å². The van der Waals surface area contributed by atoms with E-state index >= 15 is 0 Å². The molecule has 0 radical (unpaired) electrons. The van der Waals surface area contributed by atoms with Gasteiger partial charge in [0.1, 0.15) is 11.8 Å². The van der Waals surface area contributed by atoms with Gasteiger partial charge < -0.3 is 25.8 Å². The number of carboxylic acid groups (broad SMARTS) is 2. The van der Waals surface area contributed by atoms with Gasteiger partial charge in [-0.1, -0.05) is 11.2 Å². The topological polar surface area (TPSA) is 153 Å². The molecule has 8 nitrogen and oxygen atoms in total. The zero-order chi connectivity index (χ0) is 14.3. The third-order valence-electron chi connectivity index (χ3n) is 2.05. The lowest BCUT2D eigenvalue weighted by Gasteiger charge is -2.16. The van der Waals surface area contributed by atoms with E-state index in [1.165, 1.54) is 6.26 Å². The van der Waals surface area contributed by atoms with E-state index in [2.05, 4.69) is 0 Å². The number of hydrogen-bond acceptors (Lipinski definition) is 5. The lowest BCUT2D eigenvalue weighted by molar-refractivity contribution is -0.147. The summed E-state index contributed by atoms with van der Waals surface area (Å²) >= 11 is -1.10. The summed E-state index contributed by atoms with van der Waals surface area (Å²) in [6.45, 7) is 0. The maximum Gasteiger partial charge on any atom is 0.326 e. The van der Waals surface area contributed by atoms with Crippen LogP contribution in [0, 0.1) is 0 Å². The van der Waals surface area contributed by atoms with Crippen LogP contribution in [0.3, 0.4) is 0 Å². The van der Waals surface area contributed by atoms with E-state index in [1.54, 1.807) is 0 Å². The van der Waals surface area contributed by atoms with Crippen molar-refractivity contribution in [1.29, 1.82) is 0 Å². The molecule has 0 rings (SSSR count). The van der Waals surface area contributed by atoms with Crippen LogP contribution in [0.15, 0.2) is 0 Å². The predicted octanol–water partition coefficient (Wildman–Crippen LogP) is -1.87. The molecule has 1 unspecified atom stereocenters. The maximum absolute atomic E-state index is 11.5. The second-order valence-electron chi connectivity index (χ2n) is 3.67. The van der Waals surface area contributed by atoms with E-state index < -0.39 is 47.5 Å². The van der Waals surface area contributed by atoms with Gasteiger partial charge in [0, 0.05) is 6.42 Å². The van der Waals surface area contributed by atoms with Gasteiger partial charge in [-0.25, -0.2) is 4.79 Å². The summed E-state index contributed by atoms with van der Waals surface area (Å²) in [5.41, 5.74) is 5.46. The van der Waals surface area contributed by atoms with Crippen LogP contribution in [0.25, 0.3) is 0 Å². The van der Waals surface area contributed by atoms with Crippen molar-refractivity contribution in [3.8, 4) is 0 Å². The molecule has 0 aliphatic carbocycles. The van der Waals surface area contributed by atoms with Crippen LogP contribution in [-0.4, -0.2) is 56.7 Å². The van der Waals surface area contributed by atoms with E-state index in [0.717, 1.165) is 0 Å². The summed E-state index contributed by atoms with van der Waals surface area (Å²) in [5.74, 6) is -3.34. The minimum atomic E-state index is -1.52. The molecule has 0 aromatic heterocycles. The molecule has 0 bridgehead atoms. The average molecular weight is 280 g/mol. The lowest BCUT2D eigenvalue weighted by atomic mass is 10.1. The van der Waals surface area contributed by atoms with Crippen LogP contribution < -0.4 is 11.1 Å². The number of carbonyl (C=O) groups is 3. The highest BCUT2D eigenvalue weighted by Gasteiger charge is 2.25. The van der Waals surface area contributed by atoms with Crippen molar-refractivity contribution >= 4 is 29.0 Å². The number of carbonyl (C=O) groups excluding carboxylic acids is 1. The first-order valence-corrected chi connectivity index (χ1v) is 6.77. The second-order valence-corrected chi connectivity index (χ2v) is 5.22. The maximum atomic E-state index is 11.5. The van der Waals surface area contributed by atoms with Crippen LogP contribution in [0.5, 0.6) is 0 Å². The molecule has 0 saturated heterocycles. The highest BCUT2D eigenvalue weighted by atomic mass is 32.2. The SMILES string of the molecule is C[S+]([O-])CC[C@H](N)C(=O)N[C@@H](CC(=O)O)C(=O)O. The largest absolute Gasteiger partial charge is 0.617 e. The Morgan fingerprint density at radius 2 is 1.94 bits per heavy atom. The number of nitrogens with two attached hydrogens (primary N) is 1. The van der Waals surface area contributed by atoms with E-state index in [9.17, 15) is 18.9 Å². The molecule has 0 spiro atoms. The van der Waals surface area contributed by atoms with Crippen molar-refractivity contribution < 1.29 is 29.1 Å². The van der Waals surface area contributed by atoms with Gasteiger partial charge in [-0.15, -0.1) is 0 Å². The molecule has 18 heavy (non-hydrogen) atoms. The first kappa shape index (κ1) is 16.7. The van der Waals surface area contributed by atoms with E-state index in [4.69, 9.17) is 15.9 Å². The highest BCUT2D eigenvalue weighted by Crippen LogP contribution is 1.98. The van der Waals surface area contributed by atoms with Crippen LogP contribution in [0.2, 0.25) is 0 Å². The van der Waals surface area contributed by atoms with Crippen LogP contribution in [-0.2, 0) is 25.6 Å². The fourth-order valence-electron chi connectivity index (χ4n) is 1.08. The van der Waals surface area contributed by atoms with Crippen molar-refractivity contribution in [2.45, 2.75) is 24.9 Å². The van der Waals surface area contributed by atoms with Crippen LogP contribution in [0.4, 0.5) is 0 Å². The normalized spacial score (nSPS) is 15.5. The number of aliphatic carboxylic acids is 2. The molecular weight excluding hydrogens is 264 g/mol. The summed E-state index contributed by atoms with van der Waals surface area (Å²) in [7, 11) is 0. The van der Waals surface area contributed by atoms with Crippen molar-refractivity contribution in [2.24, 2.45) is 5.73 Å². The van der Waals surface area contributed by atoms with Gasteiger partial charge in [-0.2, -0.15) is 0 Å². The van der Waals surface area contributed by atoms with Crippen molar-refractivity contribution in [1.82, 2.24) is 5.32 Å². The molecule has 0 fully saturated rings. The summed E-state index contributed by atoms with van der Waals surface area (Å²) in [6, 6.07) is -2.53. The van der Waals surface area contributed by atoms with Crippen molar-refractivity contribution in [3.63, 3.8) is 0 Å². The van der Waals surface area contributed by atoms with Crippen molar-refractivity contribution in [3.05, 3.63) is 0 Å². The molecule has 5 N–H and O–H groups in total. The Labute approximate surface area is 107 Å². The lowest BCUT2D eigenvalue weighted by Crippen LogP contribution is -2.49. The number of rotatable bonds is 8. The molecule has 1 amide bonds. The zero-order valence-electron chi connectivity index (χ0n) is 9.79. The Morgan fingerprint density at radius 3 is 2.33 bits per heavy atom. The number of amides is 1. The van der Waals surface area contributed by atoms with Gasteiger partial charge >= 0.3 is 11.9 Å². The Hall–Kier alpha value is -1.32. The van der Waals surface area contributed by atoms with Gasteiger partial charge in [0.2, 0.25) is 5.91 Å². The minimum Gasteiger partial charge on any atom is -0.617 e. The molecule has 104 valence electrons. The van der Waals surface area contributed by atoms with E-state index in [1.807, 2.05) is 5.32 Å². The molecule has 9 heteroatoms. The molecular formula is C9H16N2O6S. The molecule has 0 aliphatic rings. The fraction of sp³-hybridized carbons (Fsp3) is 0.667. The third-order valence-corrected chi connectivity index (χ3v) is 2.86. The highest BCUT2D eigenvalue weighted by molar-refractivity contribution is 7.90. The quantitative estimate of drug-likeness (QED) is 0.380. The minimum absolute atomic E-state index is 0.133. The van der Waals surface area contributed by atoms with Gasteiger partial charge in [-0.05, 0) is 0 Å². The Kier molecular flexibility index (Phi) is 7.32. The summed E-state index contributed by atoms with van der Waals surface area (Å²) in [5, 5.41) is 19.2. The molecule has 0 aliphatic heterocycles. The number of hydrogen-bond donors (Lipinski definition) is 4. The fourth-order valence-corrected chi connectivity index (χ4v) is 1.66. The molecule has 0 aromatic carbocycles. The molecule has 3 atom stereocenters. The third kappa shape index (κ3) is 7.09. The zero-order valence-corrected chi connectivity index (χ0v) is 10.6. The van der Waals surface area contributed by atoms with Gasteiger partial charge in [0.25, 0.3) is 0 Å². The Balaban J connectivity index is 4.32. The standard InChI is InChI=1S/C9H16N2O6S/c1-18(17)3-2-5(10)8(14)11-6(9(15)16)4-7(12)13/h5-6H,2-4,10H2,1H3,(H,11,14)(H,12,13)(H,15,16)/t5-,6-,18?/m0/s1. The van der Waals surface area contributed by atoms with Crippen LogP contribution >= 0.6 is 0 Å². The van der Waals surface area contributed by atoms with Gasteiger partial charge in [-0.3, -0.25) is 9.59 Å². The number of nitrogens with one attached hydrogen (secondary N) is 1. The second kappa shape index (κ2) is 7.90. The van der Waals surface area contributed by atoms with E-state index in [-0.39, 0.29) is 12.2 Å². The summed E-state index contributed by atoms with van der Waals surface area (Å²) < 4.78 is 10.8.